The van der Waals surface area contributed by atoms with Gasteiger partial charge in [-0.1, -0.05) is 43.7 Å². The van der Waals surface area contributed by atoms with Crippen molar-refractivity contribution in [3.8, 4) is 0 Å². The number of aryl methyl sites for hydroxylation is 1. The smallest absolute Gasteiger partial charge is 0.410 e. The van der Waals surface area contributed by atoms with Gasteiger partial charge in [0.2, 0.25) is 0 Å². The summed E-state index contributed by atoms with van der Waals surface area (Å²) in [6, 6.07) is 8.01. The third-order valence-electron chi connectivity index (χ3n) is 4.63. The highest BCUT2D eigenvalue weighted by Crippen LogP contribution is 2.46. The molecule has 0 aliphatic carbocycles. The minimum Gasteiger partial charge on any atom is -0.444 e. The van der Waals surface area contributed by atoms with Gasteiger partial charge in [0.1, 0.15) is 5.60 Å². The number of rotatable bonds is 1. The maximum Gasteiger partial charge on any atom is 0.410 e. The summed E-state index contributed by atoms with van der Waals surface area (Å²) in [5, 5.41) is 11.3. The van der Waals surface area contributed by atoms with Crippen LogP contribution in [0.25, 0.3) is 0 Å². The average molecular weight is 319 g/mol. The number of aliphatic hydroxyl groups is 1. The predicted octanol–water partition coefficient (Wildman–Crippen LogP) is 3.85. The molecule has 23 heavy (non-hydrogen) atoms. The summed E-state index contributed by atoms with van der Waals surface area (Å²) in [5.74, 6) is 0. The van der Waals surface area contributed by atoms with Gasteiger partial charge < -0.3 is 14.7 Å². The van der Waals surface area contributed by atoms with Gasteiger partial charge >= 0.3 is 6.09 Å². The molecule has 1 aliphatic heterocycles. The van der Waals surface area contributed by atoms with Crippen LogP contribution in [0.2, 0.25) is 0 Å². The molecular formula is C19H29NO3. The zero-order valence-corrected chi connectivity index (χ0v) is 15.1. The van der Waals surface area contributed by atoms with Gasteiger partial charge in [0.05, 0.1) is 5.60 Å². The fourth-order valence-corrected chi connectivity index (χ4v) is 3.17. The van der Waals surface area contributed by atoms with Crippen LogP contribution in [0.4, 0.5) is 4.79 Å². The monoisotopic (exact) mass is 319 g/mol. The van der Waals surface area contributed by atoms with Gasteiger partial charge in [0, 0.05) is 18.5 Å². The van der Waals surface area contributed by atoms with Crippen molar-refractivity contribution in [3.63, 3.8) is 0 Å². The second kappa shape index (κ2) is 5.82. The van der Waals surface area contributed by atoms with Crippen LogP contribution >= 0.6 is 0 Å². The van der Waals surface area contributed by atoms with Crippen molar-refractivity contribution in [2.75, 3.05) is 13.1 Å². The molecule has 1 saturated heterocycles. The first-order valence-electron chi connectivity index (χ1n) is 8.22. The van der Waals surface area contributed by atoms with Crippen molar-refractivity contribution in [1.82, 2.24) is 4.90 Å². The number of hydrogen-bond donors (Lipinski definition) is 1. The summed E-state index contributed by atoms with van der Waals surface area (Å²) in [4.78, 5) is 14.0. The number of ether oxygens (including phenoxy) is 1. The molecule has 1 heterocycles. The molecule has 2 rings (SSSR count). The Bertz CT molecular complexity index is 571. The van der Waals surface area contributed by atoms with Crippen LogP contribution in [-0.4, -0.2) is 34.8 Å². The Kier molecular flexibility index (Phi) is 4.51. The van der Waals surface area contributed by atoms with Crippen molar-refractivity contribution in [1.29, 1.82) is 0 Å². The maximum atomic E-state index is 12.3. The molecule has 128 valence electrons. The summed E-state index contributed by atoms with van der Waals surface area (Å²) in [6.45, 7) is 12.6. The normalized spacial score (nSPS) is 24.4. The SMILES string of the molecule is Cc1ccc(C2(O)CCN(C(=O)OC(C)(C)C)CC2(C)C)cc1. The Morgan fingerprint density at radius 1 is 1.22 bits per heavy atom. The zero-order chi connectivity index (χ0) is 17.5. The van der Waals surface area contributed by atoms with E-state index in [9.17, 15) is 9.90 Å². The molecule has 4 nitrogen and oxygen atoms in total. The molecule has 0 saturated carbocycles. The Labute approximate surface area is 139 Å². The first kappa shape index (κ1) is 17.8. The van der Waals surface area contributed by atoms with E-state index in [1.54, 1.807) is 4.90 Å². The fraction of sp³-hybridized carbons (Fsp3) is 0.632. The predicted molar refractivity (Wildman–Crippen MR) is 91.3 cm³/mol. The highest BCUT2D eigenvalue weighted by Gasteiger charge is 2.50. The molecule has 1 N–H and O–H groups in total. The highest BCUT2D eigenvalue weighted by molar-refractivity contribution is 5.68. The molecule has 1 aromatic rings. The number of amides is 1. The molecule has 1 fully saturated rings. The van der Waals surface area contributed by atoms with Crippen molar-refractivity contribution >= 4 is 6.09 Å². The third-order valence-corrected chi connectivity index (χ3v) is 4.63. The number of nitrogens with zero attached hydrogens (tertiary/aromatic N) is 1. The highest BCUT2D eigenvalue weighted by atomic mass is 16.6. The van der Waals surface area contributed by atoms with E-state index in [2.05, 4.69) is 0 Å². The van der Waals surface area contributed by atoms with Crippen molar-refractivity contribution in [2.24, 2.45) is 5.41 Å². The van der Waals surface area contributed by atoms with Crippen LogP contribution < -0.4 is 0 Å². The summed E-state index contributed by atoms with van der Waals surface area (Å²) >= 11 is 0. The van der Waals surface area contributed by atoms with Crippen LogP contribution in [0.15, 0.2) is 24.3 Å². The standard InChI is InChI=1S/C19H29NO3/c1-14-7-9-15(10-8-14)19(22)11-12-20(13-18(19,5)6)16(21)23-17(2,3)4/h7-10,22H,11-13H2,1-6H3. The molecule has 0 spiro atoms. The zero-order valence-electron chi connectivity index (χ0n) is 15.1. The number of likely N-dealkylation sites (tertiary alicyclic amines) is 1. The number of piperidine rings is 1. The van der Waals surface area contributed by atoms with Gasteiger partial charge in [-0.2, -0.15) is 0 Å². The summed E-state index contributed by atoms with van der Waals surface area (Å²) in [5.41, 5.74) is 0.168. The van der Waals surface area contributed by atoms with Crippen LogP contribution in [-0.2, 0) is 10.3 Å². The number of carbonyl (C=O) groups excluding carboxylic acids is 1. The van der Waals surface area contributed by atoms with E-state index in [0.29, 0.717) is 19.5 Å². The number of benzene rings is 1. The van der Waals surface area contributed by atoms with Gasteiger partial charge in [0.25, 0.3) is 0 Å². The topological polar surface area (TPSA) is 49.8 Å². The molecule has 4 heteroatoms. The molecule has 0 bridgehead atoms. The van der Waals surface area contributed by atoms with E-state index in [0.717, 1.165) is 5.56 Å². The molecule has 1 amide bonds. The molecular weight excluding hydrogens is 290 g/mol. The lowest BCUT2D eigenvalue weighted by atomic mass is 9.66. The van der Waals surface area contributed by atoms with E-state index < -0.39 is 16.6 Å². The van der Waals surface area contributed by atoms with Crippen LogP contribution in [0.1, 0.15) is 52.2 Å². The first-order chi connectivity index (χ1) is 10.4. The second-order valence-electron chi connectivity index (χ2n) is 8.26. The second-order valence-corrected chi connectivity index (χ2v) is 8.26. The van der Waals surface area contributed by atoms with Gasteiger partial charge in [-0.25, -0.2) is 4.79 Å². The Hall–Kier alpha value is -1.55. The largest absolute Gasteiger partial charge is 0.444 e. The van der Waals surface area contributed by atoms with E-state index >= 15 is 0 Å². The lowest BCUT2D eigenvalue weighted by molar-refractivity contribution is -0.123. The molecule has 1 aromatic carbocycles. The first-order valence-corrected chi connectivity index (χ1v) is 8.22. The fourth-order valence-electron chi connectivity index (χ4n) is 3.17. The van der Waals surface area contributed by atoms with E-state index in [1.807, 2.05) is 65.8 Å². The molecule has 0 radical (unpaired) electrons. The lowest BCUT2D eigenvalue weighted by Crippen LogP contribution is -2.57. The van der Waals surface area contributed by atoms with Gasteiger partial charge in [-0.15, -0.1) is 0 Å². The van der Waals surface area contributed by atoms with Crippen molar-refractivity contribution in [2.45, 2.75) is 59.2 Å². The number of carbonyl (C=O) groups is 1. The van der Waals surface area contributed by atoms with Gasteiger partial charge in [-0.3, -0.25) is 0 Å². The minimum atomic E-state index is -0.945. The van der Waals surface area contributed by atoms with Crippen LogP contribution in [0.3, 0.4) is 0 Å². The minimum absolute atomic E-state index is 0.309. The van der Waals surface area contributed by atoms with Crippen LogP contribution in [0, 0.1) is 12.3 Å². The van der Waals surface area contributed by atoms with Crippen LogP contribution in [0.5, 0.6) is 0 Å². The molecule has 1 unspecified atom stereocenters. The van der Waals surface area contributed by atoms with Gasteiger partial charge in [0.15, 0.2) is 0 Å². The lowest BCUT2D eigenvalue weighted by Gasteiger charge is -2.50. The molecule has 1 atom stereocenters. The quantitative estimate of drug-likeness (QED) is 0.855. The van der Waals surface area contributed by atoms with E-state index in [4.69, 9.17) is 4.74 Å². The summed E-state index contributed by atoms with van der Waals surface area (Å²) < 4.78 is 5.47. The molecule has 0 aromatic heterocycles. The van der Waals surface area contributed by atoms with E-state index in [-0.39, 0.29) is 6.09 Å². The maximum absolute atomic E-state index is 12.3. The van der Waals surface area contributed by atoms with E-state index in [1.165, 1.54) is 5.56 Å². The third kappa shape index (κ3) is 3.69. The van der Waals surface area contributed by atoms with Crippen molar-refractivity contribution in [3.05, 3.63) is 35.4 Å². The molecule has 1 aliphatic rings. The summed E-state index contributed by atoms with van der Waals surface area (Å²) in [6.07, 6.45) is 0.194. The van der Waals surface area contributed by atoms with Crippen molar-refractivity contribution < 1.29 is 14.6 Å². The van der Waals surface area contributed by atoms with Gasteiger partial charge in [-0.05, 0) is 39.7 Å². The average Bonchev–Trinajstić information content (AvgIpc) is 2.40. The Morgan fingerprint density at radius 2 is 1.78 bits per heavy atom. The summed E-state index contributed by atoms with van der Waals surface area (Å²) in [7, 11) is 0. The Balaban J connectivity index is 2.20. The Morgan fingerprint density at radius 3 is 2.26 bits per heavy atom. The number of hydrogen-bond acceptors (Lipinski definition) is 3.